The van der Waals surface area contributed by atoms with Crippen molar-refractivity contribution in [2.45, 2.75) is 72.1 Å². The van der Waals surface area contributed by atoms with E-state index in [2.05, 4.69) is 91.8 Å². The van der Waals surface area contributed by atoms with Crippen molar-refractivity contribution in [2.75, 3.05) is 0 Å². The number of benzene rings is 2. The molecular formula is C24H32O. The molecule has 1 nitrogen and oxygen atoms in total. The lowest BCUT2D eigenvalue weighted by molar-refractivity contribution is 0.400. The van der Waals surface area contributed by atoms with E-state index in [1.807, 2.05) is 0 Å². The predicted molar refractivity (Wildman–Crippen MR) is 107 cm³/mol. The summed E-state index contributed by atoms with van der Waals surface area (Å²) in [5.41, 5.74) is 5.29. The van der Waals surface area contributed by atoms with Crippen molar-refractivity contribution >= 4 is 0 Å². The van der Waals surface area contributed by atoms with Gasteiger partial charge in [-0.25, -0.2) is 0 Å². The molecule has 1 aliphatic heterocycles. The highest BCUT2D eigenvalue weighted by Gasteiger charge is 2.36. The summed E-state index contributed by atoms with van der Waals surface area (Å²) in [6.07, 6.45) is 0. The molecule has 3 rings (SSSR count). The Morgan fingerprint density at radius 2 is 1.60 bits per heavy atom. The van der Waals surface area contributed by atoms with Crippen molar-refractivity contribution in [2.24, 2.45) is 5.92 Å². The predicted octanol–water partition coefficient (Wildman–Crippen LogP) is 7.18. The van der Waals surface area contributed by atoms with Gasteiger partial charge in [0, 0.05) is 16.5 Å². The van der Waals surface area contributed by atoms with Crippen LogP contribution in [0.15, 0.2) is 36.4 Å². The summed E-state index contributed by atoms with van der Waals surface area (Å²) in [5, 5.41) is 0. The van der Waals surface area contributed by atoms with Gasteiger partial charge in [0.2, 0.25) is 0 Å². The molecule has 0 saturated carbocycles. The monoisotopic (exact) mass is 336 g/mol. The van der Waals surface area contributed by atoms with Crippen molar-refractivity contribution in [3.8, 4) is 11.5 Å². The van der Waals surface area contributed by atoms with E-state index in [1.165, 1.54) is 22.3 Å². The number of hydrogen-bond donors (Lipinski definition) is 0. The number of fused-ring (bicyclic) bond motifs is 2. The number of para-hydroxylation sites is 1. The van der Waals surface area contributed by atoms with Crippen LogP contribution in [0.2, 0.25) is 0 Å². The fraction of sp³-hybridized carbons (Fsp3) is 0.500. The Bertz CT molecular complexity index is 790. The number of rotatable bonds is 2. The minimum Gasteiger partial charge on any atom is -0.456 e. The summed E-state index contributed by atoms with van der Waals surface area (Å²) in [6, 6.07) is 13.4. The Morgan fingerprint density at radius 3 is 2.20 bits per heavy atom. The normalized spacial score (nSPS) is 16.8. The molecule has 1 heteroatoms. The Hall–Kier alpha value is -1.76. The van der Waals surface area contributed by atoms with Gasteiger partial charge in [0.1, 0.15) is 11.5 Å². The third kappa shape index (κ3) is 2.99. The lowest BCUT2D eigenvalue weighted by Gasteiger charge is -2.37. The second-order valence-corrected chi connectivity index (χ2v) is 9.44. The standard InChI is InChI=1S/C24H32O/c1-15(2)16(3)18-10-9-11-20-22(18)25-21-14-17(23(4,5)6)12-13-19(21)24(20,7)8/h9-16H,1-8H3. The van der Waals surface area contributed by atoms with Crippen molar-refractivity contribution < 1.29 is 4.74 Å². The third-order valence-corrected chi connectivity index (χ3v) is 5.94. The van der Waals surface area contributed by atoms with Gasteiger partial charge in [-0.2, -0.15) is 0 Å². The molecule has 0 spiro atoms. The fourth-order valence-electron chi connectivity index (χ4n) is 3.72. The Labute approximate surface area is 153 Å². The molecule has 0 aliphatic carbocycles. The lowest BCUT2D eigenvalue weighted by Crippen LogP contribution is -2.26. The van der Waals surface area contributed by atoms with Crippen LogP contribution >= 0.6 is 0 Å². The van der Waals surface area contributed by atoms with Crippen LogP contribution in [0.25, 0.3) is 0 Å². The first-order chi connectivity index (χ1) is 11.5. The van der Waals surface area contributed by atoms with Crippen LogP contribution in [-0.4, -0.2) is 0 Å². The minimum absolute atomic E-state index is 0.0496. The van der Waals surface area contributed by atoms with Crippen molar-refractivity contribution in [3.05, 3.63) is 58.7 Å². The SMILES string of the molecule is CC(C)C(C)c1cccc2c1Oc1cc(C(C)(C)C)ccc1C2(C)C. The first kappa shape index (κ1) is 18.0. The molecule has 1 atom stereocenters. The molecule has 2 aromatic carbocycles. The Balaban J connectivity index is 2.19. The average Bonchev–Trinajstić information content (AvgIpc) is 2.52. The second kappa shape index (κ2) is 5.90. The number of ether oxygens (including phenoxy) is 1. The van der Waals surface area contributed by atoms with Crippen molar-refractivity contribution in [1.29, 1.82) is 0 Å². The van der Waals surface area contributed by atoms with Crippen LogP contribution in [0, 0.1) is 5.92 Å². The largest absolute Gasteiger partial charge is 0.456 e. The third-order valence-electron chi connectivity index (χ3n) is 5.94. The zero-order valence-electron chi connectivity index (χ0n) is 17.0. The zero-order valence-corrected chi connectivity index (χ0v) is 17.0. The van der Waals surface area contributed by atoms with Crippen molar-refractivity contribution in [1.82, 2.24) is 0 Å². The molecule has 0 aromatic heterocycles. The van der Waals surface area contributed by atoms with E-state index < -0.39 is 0 Å². The fourth-order valence-corrected chi connectivity index (χ4v) is 3.72. The summed E-state index contributed by atoms with van der Waals surface area (Å²) < 4.78 is 6.55. The van der Waals surface area contributed by atoms with Gasteiger partial charge in [-0.1, -0.05) is 85.7 Å². The van der Waals surface area contributed by atoms with Crippen molar-refractivity contribution in [3.63, 3.8) is 0 Å². The Morgan fingerprint density at radius 1 is 0.920 bits per heavy atom. The Kier molecular flexibility index (Phi) is 4.26. The molecule has 1 heterocycles. The molecule has 0 radical (unpaired) electrons. The molecule has 1 aliphatic rings. The molecule has 0 amide bonds. The van der Waals surface area contributed by atoms with Gasteiger partial charge in [0.15, 0.2) is 0 Å². The molecule has 1 unspecified atom stereocenters. The zero-order chi connectivity index (χ0) is 18.6. The maximum Gasteiger partial charge on any atom is 0.134 e. The van der Waals surface area contributed by atoms with E-state index in [9.17, 15) is 0 Å². The van der Waals surface area contributed by atoms with Crippen LogP contribution < -0.4 is 4.74 Å². The molecule has 0 fully saturated rings. The maximum absolute atomic E-state index is 6.55. The van der Waals surface area contributed by atoms with Gasteiger partial charge < -0.3 is 4.74 Å². The molecule has 134 valence electrons. The van der Waals surface area contributed by atoms with Crippen LogP contribution in [-0.2, 0) is 10.8 Å². The van der Waals surface area contributed by atoms with E-state index in [1.54, 1.807) is 0 Å². The van der Waals surface area contributed by atoms with E-state index in [0.717, 1.165) is 11.5 Å². The summed E-state index contributed by atoms with van der Waals surface area (Å²) >= 11 is 0. The smallest absolute Gasteiger partial charge is 0.134 e. The van der Waals surface area contributed by atoms with E-state index in [0.29, 0.717) is 11.8 Å². The van der Waals surface area contributed by atoms with E-state index in [-0.39, 0.29) is 10.8 Å². The van der Waals surface area contributed by atoms with Gasteiger partial charge >= 0.3 is 0 Å². The highest BCUT2D eigenvalue weighted by molar-refractivity contribution is 5.60. The van der Waals surface area contributed by atoms with Crippen LogP contribution in [0.4, 0.5) is 0 Å². The first-order valence-corrected chi connectivity index (χ1v) is 9.49. The van der Waals surface area contributed by atoms with Gasteiger partial charge in [-0.3, -0.25) is 0 Å². The first-order valence-electron chi connectivity index (χ1n) is 9.49. The molecule has 25 heavy (non-hydrogen) atoms. The second-order valence-electron chi connectivity index (χ2n) is 9.44. The van der Waals surface area contributed by atoms with Crippen LogP contribution in [0.1, 0.15) is 83.6 Å². The summed E-state index contributed by atoms with van der Waals surface area (Å²) in [5.74, 6) is 3.15. The molecule has 2 aromatic rings. The molecular weight excluding hydrogens is 304 g/mol. The lowest BCUT2D eigenvalue weighted by atomic mass is 9.73. The van der Waals surface area contributed by atoms with E-state index in [4.69, 9.17) is 4.74 Å². The van der Waals surface area contributed by atoms with E-state index >= 15 is 0 Å². The highest BCUT2D eigenvalue weighted by Crippen LogP contribution is 2.51. The quantitative estimate of drug-likeness (QED) is 0.564. The maximum atomic E-state index is 6.55. The summed E-state index contributed by atoms with van der Waals surface area (Å²) in [6.45, 7) is 18.3. The summed E-state index contributed by atoms with van der Waals surface area (Å²) in [7, 11) is 0. The van der Waals surface area contributed by atoms with Gasteiger partial charge in [0.25, 0.3) is 0 Å². The number of hydrogen-bond acceptors (Lipinski definition) is 1. The van der Waals surface area contributed by atoms with Gasteiger partial charge in [-0.15, -0.1) is 0 Å². The molecule has 0 saturated heterocycles. The topological polar surface area (TPSA) is 9.23 Å². The van der Waals surface area contributed by atoms with Crippen LogP contribution in [0.3, 0.4) is 0 Å². The van der Waals surface area contributed by atoms with Crippen LogP contribution in [0.5, 0.6) is 11.5 Å². The van der Waals surface area contributed by atoms with Gasteiger partial charge in [-0.05, 0) is 34.4 Å². The average molecular weight is 337 g/mol. The molecule has 0 bridgehead atoms. The van der Waals surface area contributed by atoms with Gasteiger partial charge in [0.05, 0.1) is 0 Å². The molecule has 0 N–H and O–H groups in total. The highest BCUT2D eigenvalue weighted by atomic mass is 16.5. The summed E-state index contributed by atoms with van der Waals surface area (Å²) in [4.78, 5) is 0. The minimum atomic E-state index is -0.0496.